The second kappa shape index (κ2) is 6.72. The molecule has 1 heterocycles. The summed E-state index contributed by atoms with van der Waals surface area (Å²) in [6, 6.07) is 7.55. The van der Waals surface area contributed by atoms with Gasteiger partial charge in [0.05, 0.1) is 12.1 Å². The van der Waals surface area contributed by atoms with Crippen LogP contribution in [0.3, 0.4) is 0 Å². The van der Waals surface area contributed by atoms with Crippen molar-refractivity contribution in [3.05, 3.63) is 45.9 Å². The number of benzene rings is 1. The van der Waals surface area contributed by atoms with Crippen molar-refractivity contribution in [1.29, 1.82) is 0 Å². The summed E-state index contributed by atoms with van der Waals surface area (Å²) in [7, 11) is 0. The van der Waals surface area contributed by atoms with Crippen LogP contribution >= 0.6 is 22.9 Å². The number of amides is 1. The minimum Gasteiger partial charge on any atom is -0.375 e. The summed E-state index contributed by atoms with van der Waals surface area (Å²) in [5.41, 5.74) is 7.24. The maximum atomic E-state index is 12.3. The van der Waals surface area contributed by atoms with Crippen molar-refractivity contribution in [1.82, 2.24) is 9.88 Å². The first kappa shape index (κ1) is 14.8. The van der Waals surface area contributed by atoms with Gasteiger partial charge in [0.25, 0.3) is 0 Å². The highest BCUT2D eigenvalue weighted by Gasteiger charge is 2.15. The SMILES string of the molecule is CCN(Cc1ccccc1Cl)C(=O)Cc1csc(N)n1. The van der Waals surface area contributed by atoms with Gasteiger partial charge >= 0.3 is 0 Å². The smallest absolute Gasteiger partial charge is 0.228 e. The van der Waals surface area contributed by atoms with Crippen molar-refractivity contribution < 1.29 is 4.79 Å². The van der Waals surface area contributed by atoms with Gasteiger partial charge in [0.1, 0.15) is 0 Å². The fraction of sp³-hybridized carbons (Fsp3) is 0.286. The third kappa shape index (κ3) is 3.71. The first-order valence-electron chi connectivity index (χ1n) is 6.31. The van der Waals surface area contributed by atoms with Crippen LogP contribution in [0.5, 0.6) is 0 Å². The van der Waals surface area contributed by atoms with E-state index in [1.165, 1.54) is 11.3 Å². The van der Waals surface area contributed by atoms with Gasteiger partial charge in [-0.3, -0.25) is 4.79 Å². The molecule has 106 valence electrons. The Morgan fingerprint density at radius 2 is 2.20 bits per heavy atom. The molecule has 1 amide bonds. The molecule has 0 bridgehead atoms. The van der Waals surface area contributed by atoms with Gasteiger partial charge in [0, 0.05) is 23.5 Å². The second-order valence-electron chi connectivity index (χ2n) is 4.35. The standard InChI is InChI=1S/C14H16ClN3OS/c1-2-18(8-10-5-3-4-6-12(10)15)13(19)7-11-9-20-14(16)17-11/h3-6,9H,2,7-8H2,1H3,(H2,16,17). The Hall–Kier alpha value is -1.59. The van der Waals surface area contributed by atoms with E-state index in [0.717, 1.165) is 11.3 Å². The van der Waals surface area contributed by atoms with Crippen LogP contribution in [-0.4, -0.2) is 22.3 Å². The molecule has 1 aromatic heterocycles. The molecule has 2 rings (SSSR count). The quantitative estimate of drug-likeness (QED) is 0.923. The predicted molar refractivity (Wildman–Crippen MR) is 82.8 cm³/mol. The normalized spacial score (nSPS) is 10.5. The van der Waals surface area contributed by atoms with Gasteiger partial charge in [-0.2, -0.15) is 0 Å². The van der Waals surface area contributed by atoms with Crippen LogP contribution in [-0.2, 0) is 17.8 Å². The number of anilines is 1. The molecule has 0 spiro atoms. The summed E-state index contributed by atoms with van der Waals surface area (Å²) >= 11 is 7.48. The second-order valence-corrected chi connectivity index (χ2v) is 5.65. The van der Waals surface area contributed by atoms with E-state index in [0.29, 0.717) is 23.2 Å². The Bertz CT molecular complexity index is 600. The zero-order valence-electron chi connectivity index (χ0n) is 11.2. The maximum absolute atomic E-state index is 12.3. The van der Waals surface area contributed by atoms with Gasteiger partial charge in [-0.15, -0.1) is 11.3 Å². The van der Waals surface area contributed by atoms with E-state index < -0.39 is 0 Å². The molecule has 0 radical (unpaired) electrons. The first-order chi connectivity index (χ1) is 9.60. The molecule has 0 unspecified atom stereocenters. The first-order valence-corrected chi connectivity index (χ1v) is 7.57. The molecule has 0 saturated heterocycles. The molecule has 0 aliphatic carbocycles. The Labute approximate surface area is 127 Å². The van der Waals surface area contributed by atoms with Gasteiger partial charge in [-0.25, -0.2) is 4.98 Å². The van der Waals surface area contributed by atoms with Crippen LogP contribution in [0.1, 0.15) is 18.2 Å². The molecule has 6 heteroatoms. The third-order valence-electron chi connectivity index (χ3n) is 2.96. The van der Waals surface area contributed by atoms with Crippen molar-refractivity contribution in [2.24, 2.45) is 0 Å². The van der Waals surface area contributed by atoms with Crippen LogP contribution in [0.2, 0.25) is 5.02 Å². The van der Waals surface area contributed by atoms with Crippen molar-refractivity contribution in [2.75, 3.05) is 12.3 Å². The van der Waals surface area contributed by atoms with Crippen molar-refractivity contribution >= 4 is 34.0 Å². The number of hydrogen-bond donors (Lipinski definition) is 1. The number of nitrogen functional groups attached to an aromatic ring is 1. The lowest BCUT2D eigenvalue weighted by molar-refractivity contribution is -0.130. The topological polar surface area (TPSA) is 59.2 Å². The molecule has 0 saturated carbocycles. The zero-order valence-corrected chi connectivity index (χ0v) is 12.7. The van der Waals surface area contributed by atoms with Crippen LogP contribution < -0.4 is 5.73 Å². The van der Waals surface area contributed by atoms with Gasteiger partial charge in [0.15, 0.2) is 5.13 Å². The number of carbonyl (C=O) groups excluding carboxylic acids is 1. The average Bonchev–Trinajstić information content (AvgIpc) is 2.83. The van der Waals surface area contributed by atoms with E-state index in [1.54, 1.807) is 4.90 Å². The number of thiazole rings is 1. The summed E-state index contributed by atoms with van der Waals surface area (Å²) in [4.78, 5) is 18.2. The van der Waals surface area contributed by atoms with Crippen LogP contribution in [0.4, 0.5) is 5.13 Å². The number of rotatable bonds is 5. The summed E-state index contributed by atoms with van der Waals surface area (Å²) in [5.74, 6) is 0.0257. The number of halogens is 1. The van der Waals surface area contributed by atoms with E-state index in [2.05, 4.69) is 4.98 Å². The molecule has 2 aromatic rings. The van der Waals surface area contributed by atoms with Gasteiger partial charge in [-0.05, 0) is 18.6 Å². The number of hydrogen-bond acceptors (Lipinski definition) is 4. The Kier molecular flexibility index (Phi) is 4.98. The van der Waals surface area contributed by atoms with E-state index in [1.807, 2.05) is 36.6 Å². The van der Waals surface area contributed by atoms with Crippen molar-refractivity contribution in [2.45, 2.75) is 19.9 Å². The molecule has 0 fully saturated rings. The monoisotopic (exact) mass is 309 g/mol. The maximum Gasteiger partial charge on any atom is 0.228 e. The molecule has 0 atom stereocenters. The van der Waals surface area contributed by atoms with Crippen molar-refractivity contribution in [3.63, 3.8) is 0 Å². The highest BCUT2D eigenvalue weighted by molar-refractivity contribution is 7.13. The lowest BCUT2D eigenvalue weighted by atomic mass is 10.2. The fourth-order valence-electron chi connectivity index (χ4n) is 1.88. The Balaban J connectivity index is 2.04. The van der Waals surface area contributed by atoms with Crippen molar-refractivity contribution in [3.8, 4) is 0 Å². The molecular formula is C14H16ClN3OS. The average molecular weight is 310 g/mol. The molecule has 20 heavy (non-hydrogen) atoms. The summed E-state index contributed by atoms with van der Waals surface area (Å²) in [6.45, 7) is 3.09. The summed E-state index contributed by atoms with van der Waals surface area (Å²) < 4.78 is 0. The van der Waals surface area contributed by atoms with E-state index in [9.17, 15) is 4.79 Å². The largest absolute Gasteiger partial charge is 0.375 e. The van der Waals surface area contributed by atoms with E-state index in [4.69, 9.17) is 17.3 Å². The van der Waals surface area contributed by atoms with Crippen LogP contribution in [0, 0.1) is 0 Å². The zero-order chi connectivity index (χ0) is 14.5. The Morgan fingerprint density at radius 3 is 2.80 bits per heavy atom. The number of carbonyl (C=O) groups is 1. The minimum absolute atomic E-state index is 0.0257. The Morgan fingerprint density at radius 1 is 1.45 bits per heavy atom. The lowest BCUT2D eigenvalue weighted by Crippen LogP contribution is -2.31. The molecule has 0 aliphatic rings. The van der Waals surface area contributed by atoms with Crippen LogP contribution in [0.25, 0.3) is 0 Å². The molecule has 0 aliphatic heterocycles. The number of likely N-dealkylation sites (N-methyl/N-ethyl adjacent to an activating group) is 1. The lowest BCUT2D eigenvalue weighted by Gasteiger charge is -2.21. The fourth-order valence-corrected chi connectivity index (χ4v) is 2.64. The highest BCUT2D eigenvalue weighted by atomic mass is 35.5. The highest BCUT2D eigenvalue weighted by Crippen LogP contribution is 2.18. The predicted octanol–water partition coefficient (Wildman–Crippen LogP) is 2.97. The number of nitrogens with zero attached hydrogens (tertiary/aromatic N) is 2. The summed E-state index contributed by atoms with van der Waals surface area (Å²) in [6.07, 6.45) is 0.270. The number of aromatic nitrogens is 1. The van der Waals surface area contributed by atoms with E-state index >= 15 is 0 Å². The number of nitrogens with two attached hydrogens (primary N) is 1. The van der Waals surface area contributed by atoms with Gasteiger partial charge in [0.2, 0.25) is 5.91 Å². The molecule has 2 N–H and O–H groups in total. The summed E-state index contributed by atoms with van der Waals surface area (Å²) in [5, 5.41) is 2.98. The van der Waals surface area contributed by atoms with Crippen LogP contribution in [0.15, 0.2) is 29.6 Å². The molecular weight excluding hydrogens is 294 g/mol. The molecule has 4 nitrogen and oxygen atoms in total. The van der Waals surface area contributed by atoms with E-state index in [-0.39, 0.29) is 12.3 Å². The van der Waals surface area contributed by atoms with Gasteiger partial charge in [-0.1, -0.05) is 29.8 Å². The minimum atomic E-state index is 0.0257. The molecule has 1 aromatic carbocycles. The third-order valence-corrected chi connectivity index (χ3v) is 4.05. The van der Waals surface area contributed by atoms with Gasteiger partial charge < -0.3 is 10.6 Å².